The average molecular weight is 210 g/mol. The molecule has 0 aromatic rings. The minimum absolute atomic E-state index is 0. The van der Waals surface area contributed by atoms with Crippen LogP contribution in [-0.2, 0) is 4.74 Å². The van der Waals surface area contributed by atoms with Gasteiger partial charge in [0.15, 0.2) is 0 Å². The smallest absolute Gasteiger partial charge is 0.408 e. The SMILES string of the molecule is CC(C)(C)OC(=O)NCC(=N)N.Cl. The standard InChI is InChI=1S/C7H15N3O2.ClH/c1-7(2,3)12-6(11)10-4-5(8)9;/h4H2,1-3H3,(H3,8,9)(H,10,11);1H. The Kier molecular flexibility index (Phi) is 6.31. The molecule has 6 heteroatoms. The molecule has 4 N–H and O–H groups in total. The lowest BCUT2D eigenvalue weighted by Crippen LogP contribution is -2.37. The van der Waals surface area contributed by atoms with Gasteiger partial charge in [0.2, 0.25) is 0 Å². The highest BCUT2D eigenvalue weighted by molar-refractivity contribution is 5.85. The molecule has 0 heterocycles. The lowest BCUT2D eigenvalue weighted by atomic mass is 10.2. The molecule has 0 bridgehead atoms. The molecular formula is C7H16ClN3O2. The van der Waals surface area contributed by atoms with Crippen LogP contribution in [0.1, 0.15) is 20.8 Å². The zero-order valence-corrected chi connectivity index (χ0v) is 8.83. The molecule has 0 aromatic heterocycles. The van der Waals surface area contributed by atoms with Gasteiger partial charge in [0.25, 0.3) is 0 Å². The summed E-state index contributed by atoms with van der Waals surface area (Å²) in [5, 5.41) is 9.15. The van der Waals surface area contributed by atoms with Gasteiger partial charge in [-0.1, -0.05) is 0 Å². The summed E-state index contributed by atoms with van der Waals surface area (Å²) in [6.07, 6.45) is -0.558. The number of hydrogen-bond acceptors (Lipinski definition) is 3. The molecule has 0 saturated carbocycles. The zero-order valence-electron chi connectivity index (χ0n) is 8.01. The topological polar surface area (TPSA) is 88.2 Å². The maximum Gasteiger partial charge on any atom is 0.408 e. The molecule has 0 atom stereocenters. The van der Waals surface area contributed by atoms with Gasteiger partial charge in [-0.3, -0.25) is 5.41 Å². The highest BCUT2D eigenvalue weighted by Crippen LogP contribution is 2.05. The summed E-state index contributed by atoms with van der Waals surface area (Å²) in [5.74, 6) is -0.0964. The number of nitrogens with two attached hydrogens (primary N) is 1. The summed E-state index contributed by atoms with van der Waals surface area (Å²) in [6.45, 7) is 5.32. The normalized spacial score (nSPS) is 9.77. The van der Waals surface area contributed by atoms with E-state index >= 15 is 0 Å². The van der Waals surface area contributed by atoms with Crippen molar-refractivity contribution in [3.63, 3.8) is 0 Å². The van der Waals surface area contributed by atoms with Crippen molar-refractivity contribution in [2.75, 3.05) is 6.54 Å². The van der Waals surface area contributed by atoms with E-state index in [0.717, 1.165) is 0 Å². The van der Waals surface area contributed by atoms with Crippen molar-refractivity contribution < 1.29 is 9.53 Å². The Hall–Kier alpha value is -0.970. The Labute approximate surface area is 83.9 Å². The van der Waals surface area contributed by atoms with E-state index in [1.807, 2.05) is 0 Å². The van der Waals surface area contributed by atoms with Gasteiger partial charge in [0.1, 0.15) is 11.4 Å². The lowest BCUT2D eigenvalue weighted by Gasteiger charge is -2.19. The summed E-state index contributed by atoms with van der Waals surface area (Å²) in [5.41, 5.74) is 4.50. The molecule has 0 aromatic carbocycles. The summed E-state index contributed by atoms with van der Waals surface area (Å²) < 4.78 is 4.89. The van der Waals surface area contributed by atoms with Gasteiger partial charge in [0, 0.05) is 0 Å². The second kappa shape index (κ2) is 5.64. The third kappa shape index (κ3) is 11.0. The van der Waals surface area contributed by atoms with E-state index in [9.17, 15) is 4.79 Å². The van der Waals surface area contributed by atoms with Crippen LogP contribution >= 0.6 is 12.4 Å². The minimum Gasteiger partial charge on any atom is -0.444 e. The fraction of sp³-hybridized carbons (Fsp3) is 0.714. The van der Waals surface area contributed by atoms with Gasteiger partial charge in [-0.05, 0) is 20.8 Å². The van der Waals surface area contributed by atoms with E-state index in [2.05, 4.69) is 5.32 Å². The lowest BCUT2D eigenvalue weighted by molar-refractivity contribution is 0.0535. The summed E-state index contributed by atoms with van der Waals surface area (Å²) in [4.78, 5) is 10.9. The molecule has 0 rings (SSSR count). The van der Waals surface area contributed by atoms with Gasteiger partial charge in [-0.2, -0.15) is 0 Å². The fourth-order valence-electron chi connectivity index (χ4n) is 0.482. The van der Waals surface area contributed by atoms with Crippen LogP contribution in [0.5, 0.6) is 0 Å². The molecule has 13 heavy (non-hydrogen) atoms. The maximum atomic E-state index is 10.9. The Morgan fingerprint density at radius 1 is 1.54 bits per heavy atom. The second-order valence-electron chi connectivity index (χ2n) is 3.38. The van der Waals surface area contributed by atoms with Gasteiger partial charge < -0.3 is 15.8 Å². The summed E-state index contributed by atoms with van der Waals surface area (Å²) in [7, 11) is 0. The molecule has 0 radical (unpaired) electrons. The molecule has 0 saturated heterocycles. The van der Waals surface area contributed by atoms with Crippen LogP contribution in [0, 0.1) is 5.41 Å². The second-order valence-corrected chi connectivity index (χ2v) is 3.38. The molecule has 0 aliphatic heterocycles. The van der Waals surface area contributed by atoms with Crippen LogP contribution in [0.25, 0.3) is 0 Å². The number of hydrogen-bond donors (Lipinski definition) is 3. The Balaban J connectivity index is 0. The Morgan fingerprint density at radius 3 is 2.31 bits per heavy atom. The Morgan fingerprint density at radius 2 is 2.00 bits per heavy atom. The van der Waals surface area contributed by atoms with E-state index in [1.165, 1.54) is 0 Å². The Bertz CT molecular complexity index is 189. The number of alkyl carbamates (subject to hydrolysis) is 1. The quantitative estimate of drug-likeness (QED) is 0.466. The zero-order chi connectivity index (χ0) is 9.78. The molecule has 0 spiro atoms. The highest BCUT2D eigenvalue weighted by atomic mass is 35.5. The van der Waals surface area contributed by atoms with Crippen LogP contribution in [0.2, 0.25) is 0 Å². The third-order valence-corrected chi connectivity index (χ3v) is 0.822. The van der Waals surface area contributed by atoms with Gasteiger partial charge >= 0.3 is 6.09 Å². The number of rotatable bonds is 2. The molecule has 1 amide bonds. The monoisotopic (exact) mass is 209 g/mol. The van der Waals surface area contributed by atoms with Crippen molar-refractivity contribution in [1.82, 2.24) is 5.32 Å². The summed E-state index contributed by atoms with van der Waals surface area (Å²) in [6, 6.07) is 0. The number of halogens is 1. The molecule has 78 valence electrons. The van der Waals surface area contributed by atoms with Crippen molar-refractivity contribution in [3.8, 4) is 0 Å². The molecule has 0 fully saturated rings. The minimum atomic E-state index is -0.558. The van der Waals surface area contributed by atoms with Crippen molar-refractivity contribution in [2.24, 2.45) is 5.73 Å². The molecule has 5 nitrogen and oxygen atoms in total. The van der Waals surface area contributed by atoms with Crippen molar-refractivity contribution in [1.29, 1.82) is 5.41 Å². The number of carbonyl (C=O) groups excluding carboxylic acids is 1. The first-order valence-corrected chi connectivity index (χ1v) is 3.61. The third-order valence-electron chi connectivity index (χ3n) is 0.822. The molecule has 0 aliphatic rings. The van der Waals surface area contributed by atoms with Crippen LogP contribution in [0.3, 0.4) is 0 Å². The number of ether oxygens (including phenoxy) is 1. The van der Waals surface area contributed by atoms with E-state index in [0.29, 0.717) is 0 Å². The van der Waals surface area contributed by atoms with Gasteiger partial charge in [0.05, 0.1) is 6.54 Å². The average Bonchev–Trinajstić information content (AvgIpc) is 1.79. The predicted molar refractivity (Wildman–Crippen MR) is 53.4 cm³/mol. The number of amides is 1. The number of amidine groups is 1. The van der Waals surface area contributed by atoms with Gasteiger partial charge in [-0.25, -0.2) is 4.79 Å². The molecular weight excluding hydrogens is 194 g/mol. The van der Waals surface area contributed by atoms with Crippen LogP contribution in [0.15, 0.2) is 0 Å². The van der Waals surface area contributed by atoms with E-state index in [-0.39, 0.29) is 24.8 Å². The van der Waals surface area contributed by atoms with E-state index < -0.39 is 11.7 Å². The molecule has 0 unspecified atom stereocenters. The van der Waals surface area contributed by atoms with E-state index in [4.69, 9.17) is 15.9 Å². The number of carbonyl (C=O) groups is 1. The first-order chi connectivity index (χ1) is 5.31. The highest BCUT2D eigenvalue weighted by Gasteiger charge is 2.15. The number of nitrogens with one attached hydrogen (secondary N) is 2. The van der Waals surface area contributed by atoms with Crippen molar-refractivity contribution in [3.05, 3.63) is 0 Å². The maximum absolute atomic E-state index is 10.9. The van der Waals surface area contributed by atoms with Crippen LogP contribution < -0.4 is 11.1 Å². The molecule has 0 aliphatic carbocycles. The first kappa shape index (κ1) is 14.5. The fourth-order valence-corrected chi connectivity index (χ4v) is 0.482. The van der Waals surface area contributed by atoms with Gasteiger partial charge in [-0.15, -0.1) is 12.4 Å². The first-order valence-electron chi connectivity index (χ1n) is 3.61. The summed E-state index contributed by atoms with van der Waals surface area (Å²) >= 11 is 0. The van der Waals surface area contributed by atoms with Crippen molar-refractivity contribution in [2.45, 2.75) is 26.4 Å². The van der Waals surface area contributed by atoms with Crippen LogP contribution in [0.4, 0.5) is 4.79 Å². The largest absolute Gasteiger partial charge is 0.444 e. The van der Waals surface area contributed by atoms with Crippen molar-refractivity contribution >= 4 is 24.3 Å². The van der Waals surface area contributed by atoms with Crippen LogP contribution in [-0.4, -0.2) is 24.1 Å². The predicted octanol–water partition coefficient (Wildman–Crippen LogP) is 0.869. The van der Waals surface area contributed by atoms with E-state index in [1.54, 1.807) is 20.8 Å².